The van der Waals surface area contributed by atoms with Gasteiger partial charge >= 0.3 is 0 Å². The van der Waals surface area contributed by atoms with Gasteiger partial charge in [0, 0.05) is 24.2 Å². The molecule has 0 atom stereocenters. The van der Waals surface area contributed by atoms with Crippen molar-refractivity contribution in [1.82, 2.24) is 9.78 Å². The maximum absolute atomic E-state index is 13.2. The first-order chi connectivity index (χ1) is 9.60. The van der Waals surface area contributed by atoms with Crippen molar-refractivity contribution in [2.75, 3.05) is 18.4 Å². The lowest BCUT2D eigenvalue weighted by atomic mass is 10.2. The van der Waals surface area contributed by atoms with Crippen molar-refractivity contribution < 1.29 is 4.39 Å². The molecule has 1 aromatic carbocycles. The molecule has 0 saturated carbocycles. The van der Waals surface area contributed by atoms with Gasteiger partial charge in [-0.25, -0.2) is 9.07 Å². The summed E-state index contributed by atoms with van der Waals surface area (Å²) in [6.45, 7) is 1.13. The topological polar surface area (TPSA) is 72.9 Å². The number of benzene rings is 1. The predicted molar refractivity (Wildman–Crippen MR) is 76.6 cm³/mol. The number of nitrogens with one attached hydrogen (secondary N) is 1. The van der Waals surface area contributed by atoms with Crippen LogP contribution in [-0.2, 0) is 6.54 Å². The minimum atomic E-state index is -0.404. The van der Waals surface area contributed by atoms with E-state index in [1.807, 2.05) is 0 Å². The van der Waals surface area contributed by atoms with Crippen molar-refractivity contribution in [3.05, 3.63) is 57.2 Å². The van der Waals surface area contributed by atoms with Crippen molar-refractivity contribution in [2.45, 2.75) is 6.54 Å². The number of hydrogen-bond acceptors (Lipinski definition) is 4. The largest absolute Gasteiger partial charge is 0.382 e. The average Bonchev–Trinajstić information content (AvgIpc) is 2.43. The van der Waals surface area contributed by atoms with E-state index in [1.165, 1.54) is 35.1 Å². The smallest absolute Gasteiger partial charge is 0.269 e. The van der Waals surface area contributed by atoms with Crippen molar-refractivity contribution >= 4 is 17.3 Å². The Bertz CT molecular complexity index is 659. The van der Waals surface area contributed by atoms with E-state index in [-0.39, 0.29) is 12.1 Å². The molecular weight excluding hydrogens is 283 g/mol. The lowest BCUT2D eigenvalue weighted by molar-refractivity contribution is 0.611. The van der Waals surface area contributed by atoms with Gasteiger partial charge in [0.25, 0.3) is 5.56 Å². The summed E-state index contributed by atoms with van der Waals surface area (Å²) in [5.74, 6) is -0.404. The molecule has 106 valence electrons. The Kier molecular flexibility index (Phi) is 4.70. The van der Waals surface area contributed by atoms with E-state index < -0.39 is 5.82 Å². The molecule has 3 N–H and O–H groups in total. The Morgan fingerprint density at radius 1 is 1.40 bits per heavy atom. The highest BCUT2D eigenvalue weighted by atomic mass is 35.5. The number of nitrogens with two attached hydrogens (primary N) is 1. The molecule has 0 radical (unpaired) electrons. The summed E-state index contributed by atoms with van der Waals surface area (Å²) in [5.41, 5.74) is 6.16. The van der Waals surface area contributed by atoms with Crippen LogP contribution in [0.5, 0.6) is 0 Å². The first-order valence-corrected chi connectivity index (χ1v) is 6.43. The number of halogens is 2. The molecule has 5 nitrogen and oxygen atoms in total. The number of anilines is 1. The van der Waals surface area contributed by atoms with Crippen molar-refractivity contribution in [3.63, 3.8) is 0 Å². The van der Waals surface area contributed by atoms with Crippen LogP contribution in [0, 0.1) is 5.82 Å². The van der Waals surface area contributed by atoms with Crippen LogP contribution < -0.4 is 16.6 Å². The van der Waals surface area contributed by atoms with Crippen molar-refractivity contribution in [1.29, 1.82) is 0 Å². The third-order valence-corrected chi connectivity index (χ3v) is 3.04. The Hall–Kier alpha value is -1.92. The first kappa shape index (κ1) is 14.5. The molecule has 1 heterocycles. The summed E-state index contributed by atoms with van der Waals surface area (Å²) in [6, 6.07) is 5.42. The monoisotopic (exact) mass is 296 g/mol. The lowest BCUT2D eigenvalue weighted by Gasteiger charge is -2.08. The van der Waals surface area contributed by atoms with Gasteiger partial charge in [0.1, 0.15) is 5.82 Å². The molecule has 0 bridgehead atoms. The van der Waals surface area contributed by atoms with E-state index in [0.717, 1.165) is 0 Å². The molecule has 7 heteroatoms. The van der Waals surface area contributed by atoms with Crippen LogP contribution in [0.25, 0.3) is 0 Å². The van der Waals surface area contributed by atoms with Crippen LogP contribution in [0.15, 0.2) is 35.3 Å². The summed E-state index contributed by atoms with van der Waals surface area (Å²) in [4.78, 5) is 11.9. The molecule has 0 aliphatic rings. The van der Waals surface area contributed by atoms with Crippen molar-refractivity contribution in [2.24, 2.45) is 5.73 Å². The maximum Gasteiger partial charge on any atom is 0.269 e. The van der Waals surface area contributed by atoms with Crippen LogP contribution in [0.4, 0.5) is 10.1 Å². The SMILES string of the molecule is NCCNc1cnn(Cc2cc(F)ccc2Cl)c(=O)c1. The maximum atomic E-state index is 13.2. The van der Waals surface area contributed by atoms with Gasteiger partial charge in [0.15, 0.2) is 0 Å². The zero-order chi connectivity index (χ0) is 14.5. The van der Waals surface area contributed by atoms with Crippen LogP contribution in [0.3, 0.4) is 0 Å². The Morgan fingerprint density at radius 3 is 2.90 bits per heavy atom. The van der Waals surface area contributed by atoms with E-state index in [0.29, 0.717) is 29.4 Å². The fraction of sp³-hybridized carbons (Fsp3) is 0.231. The second kappa shape index (κ2) is 6.49. The molecule has 0 unspecified atom stereocenters. The minimum absolute atomic E-state index is 0.118. The zero-order valence-electron chi connectivity index (χ0n) is 10.6. The third kappa shape index (κ3) is 3.55. The normalized spacial score (nSPS) is 10.6. The molecule has 0 fully saturated rings. The van der Waals surface area contributed by atoms with Crippen LogP contribution in [-0.4, -0.2) is 22.9 Å². The molecule has 0 saturated heterocycles. The van der Waals surface area contributed by atoms with E-state index >= 15 is 0 Å². The van der Waals surface area contributed by atoms with E-state index in [4.69, 9.17) is 17.3 Å². The molecular formula is C13H14ClFN4O. The van der Waals surface area contributed by atoms with Gasteiger partial charge in [-0.2, -0.15) is 5.10 Å². The van der Waals surface area contributed by atoms with Gasteiger partial charge in [-0.1, -0.05) is 11.6 Å². The fourth-order valence-electron chi connectivity index (χ4n) is 1.69. The van der Waals surface area contributed by atoms with E-state index in [1.54, 1.807) is 0 Å². The molecule has 0 spiro atoms. The summed E-state index contributed by atoms with van der Waals surface area (Å²) >= 11 is 5.96. The third-order valence-electron chi connectivity index (χ3n) is 2.67. The van der Waals surface area contributed by atoms with Crippen LogP contribution in [0.1, 0.15) is 5.56 Å². The second-order valence-electron chi connectivity index (χ2n) is 4.19. The van der Waals surface area contributed by atoms with Gasteiger partial charge in [-0.15, -0.1) is 0 Å². The molecule has 2 aromatic rings. The molecule has 0 aliphatic heterocycles. The van der Waals surface area contributed by atoms with Gasteiger partial charge in [0.2, 0.25) is 0 Å². The second-order valence-corrected chi connectivity index (χ2v) is 4.60. The Balaban J connectivity index is 2.21. The molecule has 0 aliphatic carbocycles. The lowest BCUT2D eigenvalue weighted by Crippen LogP contribution is -2.24. The standard InChI is InChI=1S/C13H14ClFN4O/c14-12-2-1-10(15)5-9(12)8-19-13(20)6-11(7-18-19)17-4-3-16/h1-2,5-7,17H,3-4,8,16H2. The molecule has 2 rings (SSSR count). The van der Waals surface area contributed by atoms with Gasteiger partial charge < -0.3 is 11.1 Å². The number of aromatic nitrogens is 2. The number of rotatable bonds is 5. The summed E-state index contributed by atoms with van der Waals surface area (Å²) in [7, 11) is 0. The number of nitrogens with zero attached hydrogens (tertiary/aromatic N) is 2. The summed E-state index contributed by atoms with van der Waals surface area (Å²) in [5, 5.41) is 7.37. The Labute approximate surface area is 120 Å². The van der Waals surface area contributed by atoms with Gasteiger partial charge in [0.05, 0.1) is 18.4 Å². The van der Waals surface area contributed by atoms with Gasteiger partial charge in [-0.3, -0.25) is 4.79 Å². The predicted octanol–water partition coefficient (Wildman–Crippen LogP) is 1.45. The minimum Gasteiger partial charge on any atom is -0.382 e. The number of hydrogen-bond donors (Lipinski definition) is 2. The average molecular weight is 297 g/mol. The Morgan fingerprint density at radius 2 is 2.20 bits per heavy atom. The highest BCUT2D eigenvalue weighted by molar-refractivity contribution is 6.31. The van der Waals surface area contributed by atoms with E-state index in [2.05, 4.69) is 10.4 Å². The van der Waals surface area contributed by atoms with Gasteiger partial charge in [-0.05, 0) is 23.8 Å². The molecule has 20 heavy (non-hydrogen) atoms. The first-order valence-electron chi connectivity index (χ1n) is 6.05. The molecule has 1 aromatic heterocycles. The molecule has 0 amide bonds. The zero-order valence-corrected chi connectivity index (χ0v) is 11.4. The van der Waals surface area contributed by atoms with Crippen LogP contribution in [0.2, 0.25) is 5.02 Å². The highest BCUT2D eigenvalue weighted by Crippen LogP contribution is 2.17. The van der Waals surface area contributed by atoms with Crippen molar-refractivity contribution in [3.8, 4) is 0 Å². The quantitative estimate of drug-likeness (QED) is 0.876. The fourth-order valence-corrected chi connectivity index (χ4v) is 1.87. The van der Waals surface area contributed by atoms with E-state index in [9.17, 15) is 9.18 Å². The summed E-state index contributed by atoms with van der Waals surface area (Å²) < 4.78 is 14.4. The highest BCUT2D eigenvalue weighted by Gasteiger charge is 2.06. The van der Waals surface area contributed by atoms with Crippen LogP contribution >= 0.6 is 11.6 Å². The summed E-state index contributed by atoms with van der Waals surface area (Å²) in [6.07, 6.45) is 1.52.